The van der Waals surface area contributed by atoms with Crippen LogP contribution in [0, 0.1) is 5.92 Å². The van der Waals surface area contributed by atoms with Crippen molar-refractivity contribution in [1.82, 2.24) is 25.6 Å². The van der Waals surface area contributed by atoms with Crippen molar-refractivity contribution in [2.45, 2.75) is 70.4 Å². The zero-order valence-electron chi connectivity index (χ0n) is 23.1. The number of anilines is 2. The summed E-state index contributed by atoms with van der Waals surface area (Å²) < 4.78 is 111. The average Bonchev–Trinajstić information content (AvgIpc) is 3.34. The Bertz CT molecular complexity index is 1480. The van der Waals surface area contributed by atoms with Gasteiger partial charge >= 0.3 is 12.4 Å². The number of pyridine rings is 1. The fraction of sp³-hybridized carbons (Fsp3) is 0.481. The highest BCUT2D eigenvalue weighted by Crippen LogP contribution is 2.38. The van der Waals surface area contributed by atoms with Crippen molar-refractivity contribution in [3.8, 4) is 5.88 Å². The third-order valence-electron chi connectivity index (χ3n) is 7.01. The number of carbonyl (C=O) groups excluding carboxylic acids is 2. The molecule has 1 saturated carbocycles. The molecule has 3 aromatic rings. The van der Waals surface area contributed by atoms with Gasteiger partial charge in [0.15, 0.2) is 12.3 Å². The molecule has 4 N–H and O–H groups in total. The highest BCUT2D eigenvalue weighted by Gasteiger charge is 2.41. The van der Waals surface area contributed by atoms with Crippen molar-refractivity contribution in [1.29, 1.82) is 0 Å². The van der Waals surface area contributed by atoms with Gasteiger partial charge < -0.3 is 25.7 Å². The van der Waals surface area contributed by atoms with Gasteiger partial charge in [0.2, 0.25) is 17.7 Å². The van der Waals surface area contributed by atoms with Gasteiger partial charge in [-0.3, -0.25) is 9.59 Å². The Hall–Kier alpha value is -4.18. The zero-order valence-corrected chi connectivity index (χ0v) is 23.1. The maximum Gasteiger partial charge on any atom is 0.418 e. The normalized spacial score (nSPS) is 17.5. The van der Waals surface area contributed by atoms with Gasteiger partial charge in [0.05, 0.1) is 17.2 Å². The second kappa shape index (κ2) is 13.2. The molecule has 0 atom stereocenters. The summed E-state index contributed by atoms with van der Waals surface area (Å²) in [7, 11) is 0. The van der Waals surface area contributed by atoms with Crippen LogP contribution >= 0.6 is 0 Å². The minimum Gasteiger partial charge on any atom is -0.471 e. The van der Waals surface area contributed by atoms with E-state index in [-0.39, 0.29) is 67.2 Å². The lowest BCUT2D eigenvalue weighted by molar-refractivity contribution is -0.182. The van der Waals surface area contributed by atoms with Crippen molar-refractivity contribution in [2.75, 3.05) is 11.9 Å². The molecule has 2 heterocycles. The Morgan fingerprint density at radius 3 is 2.36 bits per heavy atom. The maximum absolute atomic E-state index is 13.7. The molecule has 2 amide bonds. The molecule has 0 unspecified atom stereocenters. The number of carbonyl (C=O) groups is 2. The lowest BCUT2D eigenvalue weighted by Gasteiger charge is -2.30. The molecule has 1 aromatic carbocycles. The number of halogens is 8. The van der Waals surface area contributed by atoms with Crippen molar-refractivity contribution >= 4 is 34.6 Å². The van der Waals surface area contributed by atoms with Gasteiger partial charge in [-0.05, 0) is 49.4 Å². The molecule has 17 heteroatoms. The van der Waals surface area contributed by atoms with E-state index in [1.165, 1.54) is 12.1 Å². The molecule has 0 aliphatic heterocycles. The number of fused-ring (bicyclic) bond motifs is 1. The van der Waals surface area contributed by atoms with Crippen molar-refractivity contribution < 1.29 is 49.4 Å². The van der Waals surface area contributed by atoms with Gasteiger partial charge in [-0.1, -0.05) is 13.0 Å². The van der Waals surface area contributed by atoms with Gasteiger partial charge in [-0.15, -0.1) is 0 Å². The smallest absolute Gasteiger partial charge is 0.418 e. The fourth-order valence-electron chi connectivity index (χ4n) is 4.73. The number of imidazole rings is 1. The lowest BCUT2D eigenvalue weighted by atomic mass is 9.85. The van der Waals surface area contributed by atoms with Crippen molar-refractivity contribution in [3.63, 3.8) is 0 Å². The first-order valence-electron chi connectivity index (χ1n) is 13.6. The number of H-pyrrole nitrogens is 1. The second-order valence-electron chi connectivity index (χ2n) is 10.2. The van der Waals surface area contributed by atoms with Crippen LogP contribution in [0.4, 0.5) is 46.8 Å². The molecule has 0 spiro atoms. The third-order valence-corrected chi connectivity index (χ3v) is 7.01. The van der Waals surface area contributed by atoms with Crippen LogP contribution in [0.2, 0.25) is 0 Å². The fourth-order valence-corrected chi connectivity index (χ4v) is 4.73. The Balaban J connectivity index is 1.60. The van der Waals surface area contributed by atoms with E-state index in [0.717, 1.165) is 12.1 Å². The summed E-state index contributed by atoms with van der Waals surface area (Å²) in [6, 6.07) is 3.71. The molecular formula is C27H28F8N6O3. The van der Waals surface area contributed by atoms with E-state index in [2.05, 4.69) is 30.9 Å². The summed E-state index contributed by atoms with van der Waals surface area (Å²) in [6.07, 6.45) is -12.2. The highest BCUT2D eigenvalue weighted by molar-refractivity contribution is 5.99. The Labute approximate surface area is 245 Å². The largest absolute Gasteiger partial charge is 0.471 e. The Kier molecular flexibility index (Phi) is 9.83. The van der Waals surface area contributed by atoms with E-state index in [0.29, 0.717) is 5.56 Å². The van der Waals surface area contributed by atoms with E-state index in [1.807, 2.05) is 0 Å². The van der Waals surface area contributed by atoms with Crippen LogP contribution in [0.15, 0.2) is 24.3 Å². The van der Waals surface area contributed by atoms with Crippen molar-refractivity contribution in [2.24, 2.45) is 5.92 Å². The van der Waals surface area contributed by atoms with Gasteiger partial charge in [0.1, 0.15) is 11.1 Å². The zero-order chi connectivity index (χ0) is 32.2. The quantitative estimate of drug-likeness (QED) is 0.196. The summed E-state index contributed by atoms with van der Waals surface area (Å²) >= 11 is 0. The monoisotopic (exact) mass is 636 g/mol. The van der Waals surface area contributed by atoms with Crippen LogP contribution < -0.4 is 20.7 Å². The van der Waals surface area contributed by atoms with Crippen LogP contribution in [0.5, 0.6) is 5.88 Å². The van der Waals surface area contributed by atoms with Crippen LogP contribution in [0.1, 0.15) is 60.5 Å². The number of amides is 2. The first kappa shape index (κ1) is 32.7. The minimum absolute atomic E-state index is 0.0391. The molecule has 1 aliphatic rings. The number of benzene rings is 1. The van der Waals surface area contributed by atoms with Gasteiger partial charge in [-0.25, -0.2) is 13.8 Å². The minimum atomic E-state index is -4.77. The van der Waals surface area contributed by atoms with E-state index in [4.69, 9.17) is 4.74 Å². The molecule has 240 valence electrons. The van der Waals surface area contributed by atoms with Crippen LogP contribution in [0.3, 0.4) is 0 Å². The lowest BCUT2D eigenvalue weighted by Crippen LogP contribution is -2.40. The number of alkyl halides is 8. The third kappa shape index (κ3) is 8.25. The predicted molar refractivity (Wildman–Crippen MR) is 142 cm³/mol. The average molecular weight is 637 g/mol. The molecule has 2 aromatic heterocycles. The van der Waals surface area contributed by atoms with Crippen molar-refractivity contribution in [3.05, 3.63) is 41.0 Å². The van der Waals surface area contributed by atoms with E-state index >= 15 is 0 Å². The van der Waals surface area contributed by atoms with Crippen LogP contribution in [-0.4, -0.2) is 52.0 Å². The number of nitrogens with one attached hydrogen (secondary N) is 4. The first-order valence-corrected chi connectivity index (χ1v) is 13.6. The Morgan fingerprint density at radius 2 is 1.75 bits per heavy atom. The summed E-state index contributed by atoms with van der Waals surface area (Å²) in [6.45, 7) is 0.444. The molecular weight excluding hydrogens is 608 g/mol. The van der Waals surface area contributed by atoms with Gasteiger partial charge in [-0.2, -0.15) is 31.3 Å². The molecule has 9 nitrogen and oxygen atoms in total. The van der Waals surface area contributed by atoms with Crippen LogP contribution in [0.25, 0.3) is 11.2 Å². The van der Waals surface area contributed by atoms with E-state index < -0.39 is 60.4 Å². The summed E-state index contributed by atoms with van der Waals surface area (Å²) in [5.41, 5.74) is -1.60. The predicted octanol–water partition coefficient (Wildman–Crippen LogP) is 6.24. The number of ether oxygens (including phenoxy) is 1. The molecule has 4 rings (SSSR count). The molecule has 0 radical (unpaired) electrons. The highest BCUT2D eigenvalue weighted by atomic mass is 19.4. The standard InChI is InChI=1S/C27H28F8N6O3/c1-2-21(42)36-11-13-3-8-17(27(33,34)35)18(9-13)38-25-39-19-10-16(24(40-22(19)41-25)44-12-20(28)29)23(43)37-15-6-4-14(5-7-15)26(30,31)32/h3,8-10,14-15,20H,2,4-7,11-12H2,1H3,(H,36,42)(H,37,43)(H2,38,39,40,41)/t14-,15-. The number of nitrogens with zero attached hydrogens (tertiary/aromatic N) is 2. The number of hydrogen-bond donors (Lipinski definition) is 4. The summed E-state index contributed by atoms with van der Waals surface area (Å²) in [4.78, 5) is 35.4. The van der Waals surface area contributed by atoms with Gasteiger partial charge in [0.25, 0.3) is 12.3 Å². The Morgan fingerprint density at radius 1 is 1.05 bits per heavy atom. The molecule has 44 heavy (non-hydrogen) atoms. The van der Waals surface area contributed by atoms with Crippen LogP contribution in [-0.2, 0) is 17.5 Å². The summed E-state index contributed by atoms with van der Waals surface area (Å²) in [5, 5.41) is 7.66. The first-order chi connectivity index (χ1) is 20.6. The number of aromatic nitrogens is 3. The number of hydrogen-bond acceptors (Lipinski definition) is 6. The summed E-state index contributed by atoms with van der Waals surface area (Å²) in [5.74, 6) is -3.41. The van der Waals surface area contributed by atoms with E-state index in [1.54, 1.807) is 6.92 Å². The maximum atomic E-state index is 13.7. The second-order valence-corrected chi connectivity index (χ2v) is 10.2. The number of rotatable bonds is 10. The topological polar surface area (TPSA) is 121 Å². The van der Waals surface area contributed by atoms with E-state index in [9.17, 15) is 44.7 Å². The molecule has 0 bridgehead atoms. The number of aromatic amines is 1. The molecule has 1 fully saturated rings. The molecule has 1 aliphatic carbocycles. The molecule has 0 saturated heterocycles. The SMILES string of the molecule is CCC(=O)NCc1ccc(C(F)(F)F)c(Nc2nc3cc(C(=O)N[C@H]4CC[C@H](C(F)(F)F)CC4)c(OCC(F)F)nc3[nH]2)c1. The van der Waals surface area contributed by atoms with Gasteiger partial charge in [0, 0.05) is 19.0 Å².